The van der Waals surface area contributed by atoms with Crippen LogP contribution in [0.4, 0.5) is 4.79 Å². The number of aliphatic carboxylic acids is 1. The molecule has 6 heteroatoms. The number of carbonyl (C=O) groups excluding carboxylic acids is 1. The summed E-state index contributed by atoms with van der Waals surface area (Å²) in [6.45, 7) is 5.00. The van der Waals surface area contributed by atoms with Gasteiger partial charge in [0.2, 0.25) is 0 Å². The highest BCUT2D eigenvalue weighted by Crippen LogP contribution is 2.22. The van der Waals surface area contributed by atoms with Gasteiger partial charge in [0.1, 0.15) is 0 Å². The third kappa shape index (κ3) is 2.93. The average Bonchev–Trinajstić information content (AvgIpc) is 2.76. The lowest BCUT2D eigenvalue weighted by Gasteiger charge is -2.36. The summed E-state index contributed by atoms with van der Waals surface area (Å²) >= 11 is 0. The lowest BCUT2D eigenvalue weighted by atomic mass is 10.1. The van der Waals surface area contributed by atoms with Crippen LogP contribution in [0.2, 0.25) is 0 Å². The maximum absolute atomic E-state index is 12.3. The first kappa shape index (κ1) is 13.1. The molecule has 2 amide bonds. The van der Waals surface area contributed by atoms with E-state index in [1.165, 1.54) is 0 Å². The molecule has 0 radical (unpaired) electrons. The standard InChI is InChI=1S/C12H20N2O4/c1-9-8-18-5-4-14(9)12(17)13-3-2-10(7-13)6-11(15)16/h9-10H,2-8H2,1H3,(H,15,16). The summed E-state index contributed by atoms with van der Waals surface area (Å²) in [6.07, 6.45) is 0.944. The lowest BCUT2D eigenvalue weighted by molar-refractivity contribution is -0.138. The van der Waals surface area contributed by atoms with Crippen LogP contribution in [-0.2, 0) is 9.53 Å². The number of carboxylic acids is 1. The lowest BCUT2D eigenvalue weighted by Crippen LogP contribution is -2.52. The van der Waals surface area contributed by atoms with Crippen LogP contribution in [0.15, 0.2) is 0 Å². The SMILES string of the molecule is CC1COCCN1C(=O)N1CCC(CC(=O)O)C1. The summed E-state index contributed by atoms with van der Waals surface area (Å²) in [6, 6.07) is 0.128. The summed E-state index contributed by atoms with van der Waals surface area (Å²) < 4.78 is 5.31. The van der Waals surface area contributed by atoms with Gasteiger partial charge in [-0.1, -0.05) is 0 Å². The van der Waals surface area contributed by atoms with Gasteiger partial charge in [-0.2, -0.15) is 0 Å². The predicted octanol–water partition coefficient (Wildman–Crippen LogP) is 0.624. The largest absolute Gasteiger partial charge is 0.481 e. The molecule has 102 valence electrons. The van der Waals surface area contributed by atoms with Gasteiger partial charge in [-0.25, -0.2) is 4.79 Å². The molecule has 0 aromatic rings. The van der Waals surface area contributed by atoms with E-state index in [9.17, 15) is 9.59 Å². The van der Waals surface area contributed by atoms with E-state index in [4.69, 9.17) is 9.84 Å². The van der Waals surface area contributed by atoms with Crippen LogP contribution >= 0.6 is 0 Å². The second kappa shape index (κ2) is 5.56. The van der Waals surface area contributed by atoms with Gasteiger partial charge in [-0.3, -0.25) is 4.79 Å². The fraction of sp³-hybridized carbons (Fsp3) is 0.833. The quantitative estimate of drug-likeness (QED) is 0.786. The topological polar surface area (TPSA) is 70.1 Å². The van der Waals surface area contributed by atoms with Gasteiger partial charge in [-0.15, -0.1) is 0 Å². The summed E-state index contributed by atoms with van der Waals surface area (Å²) in [5.41, 5.74) is 0. The highest BCUT2D eigenvalue weighted by Gasteiger charge is 2.33. The van der Waals surface area contributed by atoms with Gasteiger partial charge in [0.15, 0.2) is 0 Å². The van der Waals surface area contributed by atoms with E-state index in [0.29, 0.717) is 32.8 Å². The van der Waals surface area contributed by atoms with Gasteiger partial charge >= 0.3 is 12.0 Å². The van der Waals surface area contributed by atoms with Crippen molar-refractivity contribution in [3.63, 3.8) is 0 Å². The molecule has 2 fully saturated rings. The number of hydrogen-bond donors (Lipinski definition) is 1. The molecule has 2 aliphatic rings. The summed E-state index contributed by atoms with van der Waals surface area (Å²) in [4.78, 5) is 26.5. The minimum Gasteiger partial charge on any atom is -0.481 e. The first-order valence-electron chi connectivity index (χ1n) is 6.43. The Morgan fingerprint density at radius 2 is 2.17 bits per heavy atom. The number of nitrogens with zero attached hydrogens (tertiary/aromatic N) is 2. The fourth-order valence-electron chi connectivity index (χ4n) is 2.61. The van der Waals surface area contributed by atoms with E-state index in [1.54, 1.807) is 4.90 Å². The van der Waals surface area contributed by atoms with Gasteiger partial charge in [-0.05, 0) is 19.3 Å². The van der Waals surface area contributed by atoms with E-state index in [2.05, 4.69) is 0 Å². The van der Waals surface area contributed by atoms with Crippen molar-refractivity contribution in [3.8, 4) is 0 Å². The number of hydrogen-bond acceptors (Lipinski definition) is 3. The summed E-state index contributed by atoms with van der Waals surface area (Å²) in [7, 11) is 0. The molecule has 2 aliphatic heterocycles. The van der Waals surface area contributed by atoms with Crippen LogP contribution in [0, 0.1) is 5.92 Å². The Labute approximate surface area is 106 Å². The molecule has 0 saturated carbocycles. The van der Waals surface area contributed by atoms with Crippen LogP contribution in [0.5, 0.6) is 0 Å². The number of ether oxygens (including phenoxy) is 1. The minimum atomic E-state index is -0.783. The Hall–Kier alpha value is -1.30. The van der Waals surface area contributed by atoms with Crippen molar-refractivity contribution in [2.24, 2.45) is 5.92 Å². The molecule has 0 bridgehead atoms. The molecule has 0 aromatic heterocycles. The number of morpholine rings is 1. The summed E-state index contributed by atoms with van der Waals surface area (Å²) in [5, 5.41) is 8.76. The monoisotopic (exact) mass is 256 g/mol. The Bertz CT molecular complexity index is 334. The molecule has 18 heavy (non-hydrogen) atoms. The zero-order chi connectivity index (χ0) is 13.1. The molecule has 2 unspecified atom stereocenters. The first-order chi connectivity index (χ1) is 8.58. The Balaban J connectivity index is 1.88. The van der Waals surface area contributed by atoms with E-state index < -0.39 is 5.97 Å². The number of likely N-dealkylation sites (tertiary alicyclic amines) is 1. The highest BCUT2D eigenvalue weighted by atomic mass is 16.5. The minimum absolute atomic E-state index is 0.0266. The Kier molecular flexibility index (Phi) is 4.06. The average molecular weight is 256 g/mol. The molecule has 2 atom stereocenters. The molecule has 6 nitrogen and oxygen atoms in total. The van der Waals surface area contributed by atoms with Crippen molar-refractivity contribution >= 4 is 12.0 Å². The van der Waals surface area contributed by atoms with Gasteiger partial charge in [0.25, 0.3) is 0 Å². The zero-order valence-corrected chi connectivity index (χ0v) is 10.7. The molecule has 2 heterocycles. The Morgan fingerprint density at radius 1 is 1.39 bits per heavy atom. The number of amides is 2. The molecule has 0 spiro atoms. The van der Waals surface area contributed by atoms with Gasteiger partial charge in [0.05, 0.1) is 19.3 Å². The van der Waals surface area contributed by atoms with Crippen molar-refractivity contribution in [2.75, 3.05) is 32.8 Å². The van der Waals surface area contributed by atoms with Crippen molar-refractivity contribution in [1.29, 1.82) is 0 Å². The normalized spacial score (nSPS) is 28.5. The fourth-order valence-corrected chi connectivity index (χ4v) is 2.61. The zero-order valence-electron chi connectivity index (χ0n) is 10.7. The van der Waals surface area contributed by atoms with E-state index >= 15 is 0 Å². The van der Waals surface area contributed by atoms with Crippen molar-refractivity contribution in [2.45, 2.75) is 25.8 Å². The number of rotatable bonds is 2. The van der Waals surface area contributed by atoms with Gasteiger partial charge in [0, 0.05) is 26.1 Å². The van der Waals surface area contributed by atoms with Crippen LogP contribution in [0.1, 0.15) is 19.8 Å². The molecular formula is C12H20N2O4. The number of urea groups is 1. The van der Waals surface area contributed by atoms with E-state index in [-0.39, 0.29) is 24.4 Å². The van der Waals surface area contributed by atoms with Crippen molar-refractivity contribution < 1.29 is 19.4 Å². The molecule has 2 rings (SSSR count). The first-order valence-corrected chi connectivity index (χ1v) is 6.43. The second-order valence-corrected chi connectivity index (χ2v) is 5.10. The predicted molar refractivity (Wildman–Crippen MR) is 64.3 cm³/mol. The van der Waals surface area contributed by atoms with Crippen molar-refractivity contribution in [1.82, 2.24) is 9.80 Å². The van der Waals surface area contributed by atoms with Crippen molar-refractivity contribution in [3.05, 3.63) is 0 Å². The van der Waals surface area contributed by atoms with Crippen LogP contribution in [-0.4, -0.2) is 65.8 Å². The highest BCUT2D eigenvalue weighted by molar-refractivity contribution is 5.75. The number of carbonyl (C=O) groups is 2. The molecule has 1 N–H and O–H groups in total. The smallest absolute Gasteiger partial charge is 0.320 e. The van der Waals surface area contributed by atoms with Crippen LogP contribution in [0.3, 0.4) is 0 Å². The third-order valence-electron chi connectivity index (χ3n) is 3.63. The Morgan fingerprint density at radius 3 is 2.83 bits per heavy atom. The molecule has 0 aromatic carbocycles. The summed E-state index contributed by atoms with van der Waals surface area (Å²) in [5.74, 6) is -0.683. The molecule has 0 aliphatic carbocycles. The van der Waals surface area contributed by atoms with Crippen LogP contribution < -0.4 is 0 Å². The van der Waals surface area contributed by atoms with Crippen LogP contribution in [0.25, 0.3) is 0 Å². The van der Waals surface area contributed by atoms with E-state index in [0.717, 1.165) is 6.42 Å². The molecular weight excluding hydrogens is 236 g/mol. The second-order valence-electron chi connectivity index (χ2n) is 5.10. The van der Waals surface area contributed by atoms with E-state index in [1.807, 2.05) is 11.8 Å². The number of carboxylic acid groups (broad SMARTS) is 1. The third-order valence-corrected chi connectivity index (χ3v) is 3.63. The van der Waals surface area contributed by atoms with Gasteiger partial charge < -0.3 is 19.6 Å². The molecule has 2 saturated heterocycles. The maximum Gasteiger partial charge on any atom is 0.320 e. The maximum atomic E-state index is 12.3.